The molecule has 0 amide bonds. The van der Waals surface area contributed by atoms with E-state index in [1.165, 1.54) is 0 Å². The molecule has 2 aliphatic heterocycles. The van der Waals surface area contributed by atoms with E-state index in [1.54, 1.807) is 10.7 Å². The number of anilines is 1. The van der Waals surface area contributed by atoms with Crippen LogP contribution in [-0.4, -0.2) is 51.2 Å². The second-order valence-corrected chi connectivity index (χ2v) is 4.80. The first kappa shape index (κ1) is 9.29. The van der Waals surface area contributed by atoms with Crippen LogP contribution in [0, 0.1) is 11.8 Å². The first-order valence-corrected chi connectivity index (χ1v) is 5.89. The van der Waals surface area contributed by atoms with Gasteiger partial charge in [-0.3, -0.25) is 4.98 Å². The van der Waals surface area contributed by atoms with Gasteiger partial charge in [0.1, 0.15) is 0 Å². The van der Waals surface area contributed by atoms with Gasteiger partial charge in [-0.25, -0.2) is 0 Å². The number of nitrogens with one attached hydrogen (secondary N) is 1. The van der Waals surface area contributed by atoms with Crippen LogP contribution in [0.25, 0.3) is 5.65 Å². The fourth-order valence-corrected chi connectivity index (χ4v) is 2.92. The van der Waals surface area contributed by atoms with Gasteiger partial charge in [-0.15, -0.1) is 5.10 Å². The molecule has 88 valence electrons. The van der Waals surface area contributed by atoms with Gasteiger partial charge in [0.25, 0.3) is 0 Å². The van der Waals surface area contributed by atoms with Crippen molar-refractivity contribution in [2.24, 2.45) is 11.8 Å². The topological polar surface area (TPSA) is 71.2 Å². The van der Waals surface area contributed by atoms with E-state index in [0.717, 1.165) is 43.8 Å². The Kier molecular flexibility index (Phi) is 1.84. The number of tetrazole rings is 1. The third kappa shape index (κ3) is 1.32. The van der Waals surface area contributed by atoms with Crippen LogP contribution in [0.5, 0.6) is 0 Å². The fraction of sp³-hybridized carbons (Fsp3) is 0.600. The average molecular weight is 231 g/mol. The molecule has 2 saturated heterocycles. The summed E-state index contributed by atoms with van der Waals surface area (Å²) in [7, 11) is 0. The molecule has 2 atom stereocenters. The summed E-state index contributed by atoms with van der Waals surface area (Å²) in [5.41, 5.74) is 0.706. The zero-order valence-electron chi connectivity index (χ0n) is 9.32. The lowest BCUT2D eigenvalue weighted by Gasteiger charge is -2.19. The molecule has 2 aliphatic rings. The Morgan fingerprint density at radius 3 is 2.82 bits per heavy atom. The summed E-state index contributed by atoms with van der Waals surface area (Å²) in [6.07, 6.45) is 3.53. The van der Waals surface area contributed by atoms with Gasteiger partial charge in [-0.1, -0.05) is 0 Å². The van der Waals surface area contributed by atoms with Crippen molar-refractivity contribution in [2.75, 3.05) is 31.1 Å². The fourth-order valence-electron chi connectivity index (χ4n) is 2.92. The van der Waals surface area contributed by atoms with Gasteiger partial charge in [0.2, 0.25) is 0 Å². The molecule has 1 N–H and O–H groups in total. The minimum absolute atomic E-state index is 0.706. The van der Waals surface area contributed by atoms with Gasteiger partial charge < -0.3 is 10.2 Å². The van der Waals surface area contributed by atoms with Crippen molar-refractivity contribution in [3.63, 3.8) is 0 Å². The highest BCUT2D eigenvalue weighted by Crippen LogP contribution is 2.29. The van der Waals surface area contributed by atoms with Crippen molar-refractivity contribution >= 4 is 11.5 Å². The van der Waals surface area contributed by atoms with Crippen molar-refractivity contribution < 1.29 is 0 Å². The van der Waals surface area contributed by atoms with E-state index in [0.29, 0.717) is 5.65 Å². The molecule has 4 rings (SSSR count). The van der Waals surface area contributed by atoms with Crippen molar-refractivity contribution in [1.82, 2.24) is 30.3 Å². The van der Waals surface area contributed by atoms with E-state index in [1.807, 2.05) is 6.20 Å². The van der Waals surface area contributed by atoms with Gasteiger partial charge in [0.15, 0.2) is 11.5 Å². The van der Waals surface area contributed by atoms with Gasteiger partial charge in [0.05, 0.1) is 12.4 Å². The quantitative estimate of drug-likeness (QED) is 0.691. The molecule has 4 heterocycles. The highest BCUT2D eigenvalue weighted by atomic mass is 15.5. The Bertz CT molecular complexity index is 538. The molecule has 0 aliphatic carbocycles. The van der Waals surface area contributed by atoms with E-state index < -0.39 is 0 Å². The van der Waals surface area contributed by atoms with E-state index >= 15 is 0 Å². The molecule has 2 unspecified atom stereocenters. The number of nitrogens with zero attached hydrogens (tertiary/aromatic N) is 6. The van der Waals surface area contributed by atoms with Crippen molar-refractivity contribution in [1.29, 1.82) is 0 Å². The first-order valence-electron chi connectivity index (χ1n) is 5.89. The highest BCUT2D eigenvalue weighted by molar-refractivity contribution is 5.47. The summed E-state index contributed by atoms with van der Waals surface area (Å²) in [5.74, 6) is 2.50. The van der Waals surface area contributed by atoms with E-state index in [-0.39, 0.29) is 0 Å². The Morgan fingerprint density at radius 2 is 2.00 bits per heavy atom. The third-order valence-electron chi connectivity index (χ3n) is 3.80. The summed E-state index contributed by atoms with van der Waals surface area (Å²) in [4.78, 5) is 6.54. The van der Waals surface area contributed by atoms with Crippen LogP contribution in [-0.2, 0) is 0 Å². The standard InChI is InChI=1S/C10H13N7/c1-7-5-16(6-8(7)2-11-1)10-4-12-3-9-13-14-15-17(9)10/h3-4,7-8,11H,1-2,5-6H2. The SMILES string of the molecule is c1ncc2nnnn2c1N1CC2CNCC2C1. The maximum atomic E-state index is 4.20. The maximum Gasteiger partial charge on any atom is 0.199 e. The predicted molar refractivity (Wildman–Crippen MR) is 60.6 cm³/mol. The number of rotatable bonds is 1. The highest BCUT2D eigenvalue weighted by Gasteiger charge is 2.37. The minimum atomic E-state index is 0.706. The lowest BCUT2D eigenvalue weighted by atomic mass is 10.0. The normalized spacial score (nSPS) is 27.9. The maximum absolute atomic E-state index is 4.20. The molecule has 2 aromatic heterocycles. The molecule has 2 aromatic rings. The lowest BCUT2D eigenvalue weighted by molar-refractivity contribution is 0.533. The monoisotopic (exact) mass is 231 g/mol. The Morgan fingerprint density at radius 1 is 1.18 bits per heavy atom. The molecule has 7 heteroatoms. The van der Waals surface area contributed by atoms with E-state index in [4.69, 9.17) is 0 Å². The Labute approximate surface area is 97.8 Å². The largest absolute Gasteiger partial charge is 0.354 e. The molecule has 0 aromatic carbocycles. The zero-order chi connectivity index (χ0) is 11.2. The number of fused-ring (bicyclic) bond motifs is 2. The summed E-state index contributed by atoms with van der Waals surface area (Å²) in [6, 6.07) is 0. The number of hydrogen-bond donors (Lipinski definition) is 1. The van der Waals surface area contributed by atoms with Crippen LogP contribution >= 0.6 is 0 Å². The van der Waals surface area contributed by atoms with E-state index in [2.05, 4.69) is 30.7 Å². The molecule has 0 spiro atoms. The van der Waals surface area contributed by atoms with Gasteiger partial charge in [-0.2, -0.15) is 4.52 Å². The van der Waals surface area contributed by atoms with Crippen LogP contribution in [0.1, 0.15) is 0 Å². The van der Waals surface area contributed by atoms with Crippen molar-refractivity contribution in [2.45, 2.75) is 0 Å². The first-order chi connectivity index (χ1) is 8.42. The van der Waals surface area contributed by atoms with Gasteiger partial charge in [0, 0.05) is 26.2 Å². The lowest BCUT2D eigenvalue weighted by Crippen LogP contribution is -2.27. The van der Waals surface area contributed by atoms with Crippen molar-refractivity contribution in [3.8, 4) is 0 Å². The summed E-state index contributed by atoms with van der Waals surface area (Å²) >= 11 is 0. The second kappa shape index (κ2) is 3.36. The number of hydrogen-bond acceptors (Lipinski definition) is 6. The van der Waals surface area contributed by atoms with Crippen molar-refractivity contribution in [3.05, 3.63) is 12.4 Å². The van der Waals surface area contributed by atoms with Gasteiger partial charge in [-0.05, 0) is 22.3 Å². The Hall–Kier alpha value is -1.76. The molecular weight excluding hydrogens is 218 g/mol. The second-order valence-electron chi connectivity index (χ2n) is 4.80. The summed E-state index contributed by atoms with van der Waals surface area (Å²) < 4.78 is 1.77. The average Bonchev–Trinajstić information content (AvgIpc) is 3.02. The summed E-state index contributed by atoms with van der Waals surface area (Å²) in [6.45, 7) is 4.39. The predicted octanol–water partition coefficient (Wildman–Crippen LogP) is -0.825. The van der Waals surface area contributed by atoms with Crippen LogP contribution in [0.4, 0.5) is 5.82 Å². The minimum Gasteiger partial charge on any atom is -0.354 e. The van der Waals surface area contributed by atoms with Crippen LogP contribution < -0.4 is 10.2 Å². The van der Waals surface area contributed by atoms with E-state index in [9.17, 15) is 0 Å². The molecule has 0 saturated carbocycles. The van der Waals surface area contributed by atoms with Gasteiger partial charge >= 0.3 is 0 Å². The zero-order valence-corrected chi connectivity index (χ0v) is 9.32. The van der Waals surface area contributed by atoms with Crippen LogP contribution in [0.2, 0.25) is 0 Å². The molecule has 0 radical (unpaired) electrons. The molecule has 0 bridgehead atoms. The third-order valence-corrected chi connectivity index (χ3v) is 3.80. The van der Waals surface area contributed by atoms with Crippen LogP contribution in [0.3, 0.4) is 0 Å². The summed E-state index contributed by atoms with van der Waals surface area (Å²) in [5, 5.41) is 15.1. The smallest absolute Gasteiger partial charge is 0.199 e. The molecule has 17 heavy (non-hydrogen) atoms. The van der Waals surface area contributed by atoms with Crippen LogP contribution in [0.15, 0.2) is 12.4 Å². The number of aromatic nitrogens is 5. The molecule has 7 nitrogen and oxygen atoms in total. The molecular formula is C10H13N7. The Balaban J connectivity index is 1.73. The molecule has 2 fully saturated rings.